The smallest absolute Gasteiger partial charge is 0.338 e. The summed E-state index contributed by atoms with van der Waals surface area (Å²) in [6, 6.07) is 12.2. The van der Waals surface area contributed by atoms with Crippen molar-refractivity contribution in [3.8, 4) is 0 Å². The molecule has 2 aromatic carbocycles. The van der Waals surface area contributed by atoms with E-state index in [0.29, 0.717) is 11.3 Å². The van der Waals surface area contributed by atoms with Crippen LogP contribution in [0, 0.1) is 5.82 Å². The molecular weight excluding hydrogens is 351 g/mol. The summed E-state index contributed by atoms with van der Waals surface area (Å²) < 4.78 is 18.5. The molecule has 27 heavy (non-hydrogen) atoms. The van der Waals surface area contributed by atoms with Gasteiger partial charge in [-0.1, -0.05) is 18.2 Å². The molecule has 0 spiro atoms. The summed E-state index contributed by atoms with van der Waals surface area (Å²) in [7, 11) is 1.55. The number of carbonyl (C=O) groups is 3. The lowest BCUT2D eigenvalue weighted by atomic mass is 10.2. The average Bonchev–Trinajstić information content (AvgIpc) is 2.60. The van der Waals surface area contributed by atoms with Crippen molar-refractivity contribution in [2.75, 3.05) is 12.4 Å². The van der Waals surface area contributed by atoms with Crippen LogP contribution in [0.2, 0.25) is 0 Å². The lowest BCUT2D eigenvalue weighted by molar-refractivity contribution is -0.139. The molecule has 7 heteroatoms. The second-order valence-corrected chi connectivity index (χ2v) is 6.13. The molecule has 0 aliphatic heterocycles. The highest BCUT2D eigenvalue weighted by molar-refractivity contribution is 5.95. The quantitative estimate of drug-likeness (QED) is 0.791. The standard InChI is InChI=1S/C20H21FN2O4/c1-13(19(25)23(3)12-15-6-4-8-17(21)10-15)27-20(26)16-7-5-9-18(11-16)22-14(2)24/h4-11,13H,12H2,1-3H3,(H,22,24)/t13-/m1/s1. The molecule has 0 saturated heterocycles. The van der Waals surface area contributed by atoms with E-state index < -0.39 is 18.0 Å². The Morgan fingerprint density at radius 1 is 1.15 bits per heavy atom. The van der Waals surface area contributed by atoms with Gasteiger partial charge in [-0.05, 0) is 42.8 Å². The first-order chi connectivity index (χ1) is 12.8. The lowest BCUT2D eigenvalue weighted by Crippen LogP contribution is -2.37. The van der Waals surface area contributed by atoms with Crippen LogP contribution in [0.15, 0.2) is 48.5 Å². The molecule has 0 aromatic heterocycles. The van der Waals surface area contributed by atoms with E-state index in [9.17, 15) is 18.8 Å². The molecule has 0 unspecified atom stereocenters. The summed E-state index contributed by atoms with van der Waals surface area (Å²) >= 11 is 0. The summed E-state index contributed by atoms with van der Waals surface area (Å²) in [5.41, 5.74) is 1.31. The Kier molecular flexibility index (Phi) is 6.65. The third-order valence-electron chi connectivity index (χ3n) is 3.74. The number of hydrogen-bond acceptors (Lipinski definition) is 4. The minimum Gasteiger partial charge on any atom is -0.449 e. The van der Waals surface area contributed by atoms with Gasteiger partial charge >= 0.3 is 5.97 Å². The van der Waals surface area contributed by atoms with Crippen molar-refractivity contribution in [3.63, 3.8) is 0 Å². The molecule has 0 heterocycles. The van der Waals surface area contributed by atoms with E-state index in [1.165, 1.54) is 43.0 Å². The Morgan fingerprint density at radius 2 is 1.85 bits per heavy atom. The van der Waals surface area contributed by atoms with Crippen molar-refractivity contribution in [2.24, 2.45) is 0 Å². The van der Waals surface area contributed by atoms with Crippen LogP contribution in [0.1, 0.15) is 29.8 Å². The van der Waals surface area contributed by atoms with Crippen LogP contribution in [0.5, 0.6) is 0 Å². The third-order valence-corrected chi connectivity index (χ3v) is 3.74. The molecule has 0 aliphatic carbocycles. The molecule has 0 radical (unpaired) electrons. The van der Waals surface area contributed by atoms with Gasteiger partial charge in [0.2, 0.25) is 5.91 Å². The van der Waals surface area contributed by atoms with Gasteiger partial charge in [-0.25, -0.2) is 9.18 Å². The third kappa shape index (κ3) is 5.91. The Hall–Kier alpha value is -3.22. The fourth-order valence-electron chi connectivity index (χ4n) is 2.50. The predicted molar refractivity (Wildman–Crippen MR) is 98.5 cm³/mol. The molecular formula is C20H21FN2O4. The van der Waals surface area contributed by atoms with E-state index in [4.69, 9.17) is 4.74 Å². The van der Waals surface area contributed by atoms with Gasteiger partial charge in [0.25, 0.3) is 5.91 Å². The number of esters is 1. The second kappa shape index (κ2) is 8.93. The molecule has 1 atom stereocenters. The number of amides is 2. The van der Waals surface area contributed by atoms with E-state index in [0.717, 1.165) is 0 Å². The number of carbonyl (C=O) groups excluding carboxylic acids is 3. The van der Waals surface area contributed by atoms with Crippen molar-refractivity contribution < 1.29 is 23.5 Å². The zero-order valence-corrected chi connectivity index (χ0v) is 15.4. The second-order valence-electron chi connectivity index (χ2n) is 6.13. The van der Waals surface area contributed by atoms with Crippen LogP contribution in [-0.4, -0.2) is 35.8 Å². The topological polar surface area (TPSA) is 75.7 Å². The average molecular weight is 372 g/mol. The molecule has 142 valence electrons. The predicted octanol–water partition coefficient (Wildman–Crippen LogP) is 2.99. The molecule has 2 aromatic rings. The molecule has 2 amide bonds. The summed E-state index contributed by atoms with van der Waals surface area (Å²) in [6.45, 7) is 3.02. The van der Waals surface area contributed by atoms with E-state index >= 15 is 0 Å². The van der Waals surface area contributed by atoms with Gasteiger partial charge in [0.15, 0.2) is 6.10 Å². The van der Waals surface area contributed by atoms with E-state index in [1.807, 2.05) is 0 Å². The zero-order valence-electron chi connectivity index (χ0n) is 15.4. The van der Waals surface area contributed by atoms with E-state index in [1.54, 1.807) is 31.3 Å². The van der Waals surface area contributed by atoms with Crippen LogP contribution >= 0.6 is 0 Å². The number of halogens is 1. The zero-order chi connectivity index (χ0) is 20.0. The monoisotopic (exact) mass is 372 g/mol. The van der Waals surface area contributed by atoms with Crippen LogP contribution in [0.3, 0.4) is 0 Å². The van der Waals surface area contributed by atoms with Crippen molar-refractivity contribution in [1.82, 2.24) is 4.90 Å². The molecule has 0 bridgehead atoms. The van der Waals surface area contributed by atoms with Gasteiger partial charge in [-0.2, -0.15) is 0 Å². The highest BCUT2D eigenvalue weighted by Gasteiger charge is 2.22. The van der Waals surface area contributed by atoms with Crippen LogP contribution in [-0.2, 0) is 20.9 Å². The molecule has 0 saturated carbocycles. The van der Waals surface area contributed by atoms with E-state index in [2.05, 4.69) is 5.32 Å². The summed E-state index contributed by atoms with van der Waals surface area (Å²) in [5.74, 6) is -1.73. The Bertz CT molecular complexity index is 853. The number of anilines is 1. The molecule has 1 N–H and O–H groups in total. The minimum atomic E-state index is -1.01. The van der Waals surface area contributed by atoms with Gasteiger partial charge in [0, 0.05) is 26.2 Å². The largest absolute Gasteiger partial charge is 0.449 e. The van der Waals surface area contributed by atoms with E-state index in [-0.39, 0.29) is 23.8 Å². The lowest BCUT2D eigenvalue weighted by Gasteiger charge is -2.21. The van der Waals surface area contributed by atoms with Crippen LogP contribution in [0.25, 0.3) is 0 Å². The summed E-state index contributed by atoms with van der Waals surface area (Å²) in [4.78, 5) is 37.1. The minimum absolute atomic E-state index is 0.191. The summed E-state index contributed by atoms with van der Waals surface area (Å²) in [5, 5.41) is 2.57. The fourth-order valence-corrected chi connectivity index (χ4v) is 2.50. The SMILES string of the molecule is CC(=O)Nc1cccc(C(=O)O[C@H](C)C(=O)N(C)Cc2cccc(F)c2)c1. The first kappa shape index (κ1) is 20.1. The number of ether oxygens (including phenoxy) is 1. The van der Waals surface area contributed by atoms with Crippen molar-refractivity contribution in [1.29, 1.82) is 0 Å². The fraction of sp³-hybridized carbons (Fsp3) is 0.250. The number of hydrogen-bond donors (Lipinski definition) is 1. The number of rotatable bonds is 6. The Balaban J connectivity index is 1.98. The van der Waals surface area contributed by atoms with Gasteiger partial charge in [-0.3, -0.25) is 9.59 Å². The maximum atomic E-state index is 13.2. The number of likely N-dealkylation sites (N-methyl/N-ethyl adjacent to an activating group) is 1. The highest BCUT2D eigenvalue weighted by atomic mass is 19.1. The number of nitrogens with zero attached hydrogens (tertiary/aromatic N) is 1. The number of benzene rings is 2. The Morgan fingerprint density at radius 3 is 2.52 bits per heavy atom. The first-order valence-electron chi connectivity index (χ1n) is 8.34. The van der Waals surface area contributed by atoms with Crippen molar-refractivity contribution >= 4 is 23.5 Å². The first-order valence-corrected chi connectivity index (χ1v) is 8.34. The maximum Gasteiger partial charge on any atom is 0.338 e. The summed E-state index contributed by atoms with van der Waals surface area (Å²) in [6.07, 6.45) is -1.01. The van der Waals surface area contributed by atoms with Crippen LogP contribution < -0.4 is 5.32 Å². The van der Waals surface area contributed by atoms with Crippen molar-refractivity contribution in [3.05, 3.63) is 65.5 Å². The molecule has 0 fully saturated rings. The Labute approximate surface area is 156 Å². The maximum absolute atomic E-state index is 13.2. The highest BCUT2D eigenvalue weighted by Crippen LogP contribution is 2.14. The molecule has 6 nitrogen and oxygen atoms in total. The normalized spacial score (nSPS) is 11.4. The molecule has 2 rings (SSSR count). The van der Waals surface area contributed by atoms with Gasteiger partial charge < -0.3 is 15.0 Å². The van der Waals surface area contributed by atoms with Crippen LogP contribution in [0.4, 0.5) is 10.1 Å². The molecule has 0 aliphatic rings. The van der Waals surface area contributed by atoms with Crippen molar-refractivity contribution in [2.45, 2.75) is 26.5 Å². The number of nitrogens with one attached hydrogen (secondary N) is 1. The van der Waals surface area contributed by atoms with Gasteiger partial charge in [0.05, 0.1) is 5.56 Å². The van der Waals surface area contributed by atoms with Gasteiger partial charge in [-0.15, -0.1) is 0 Å². The van der Waals surface area contributed by atoms with Gasteiger partial charge in [0.1, 0.15) is 5.82 Å².